The van der Waals surface area contributed by atoms with Gasteiger partial charge in [-0.15, -0.1) is 0 Å². The largest absolute Gasteiger partial charge is 0.334 e. The molecule has 1 aromatic rings. The summed E-state index contributed by atoms with van der Waals surface area (Å²) in [7, 11) is 0. The minimum absolute atomic E-state index is 0.199. The molecule has 1 aromatic carbocycles. The van der Waals surface area contributed by atoms with Gasteiger partial charge in [0.25, 0.3) is 0 Å². The molecule has 0 saturated carbocycles. The van der Waals surface area contributed by atoms with E-state index >= 15 is 0 Å². The van der Waals surface area contributed by atoms with Crippen LogP contribution in [0, 0.1) is 17.6 Å². The van der Waals surface area contributed by atoms with Gasteiger partial charge in [0.2, 0.25) is 0 Å². The van der Waals surface area contributed by atoms with E-state index in [1.807, 2.05) is 6.92 Å². The molecule has 1 atom stereocenters. The summed E-state index contributed by atoms with van der Waals surface area (Å²) in [4.78, 5) is 25.2. The Kier molecular flexibility index (Phi) is 4.32. The Morgan fingerprint density at radius 3 is 2.75 bits per heavy atom. The zero-order valence-electron chi connectivity index (χ0n) is 11.2. The zero-order valence-corrected chi connectivity index (χ0v) is 11.2. The van der Waals surface area contributed by atoms with Crippen molar-refractivity contribution in [3.63, 3.8) is 0 Å². The number of anilines is 1. The summed E-state index contributed by atoms with van der Waals surface area (Å²) in [6, 6.07) is 2.77. The highest BCUT2D eigenvalue weighted by Gasteiger charge is 2.26. The van der Waals surface area contributed by atoms with Crippen molar-refractivity contribution in [2.75, 3.05) is 18.4 Å². The van der Waals surface area contributed by atoms with Gasteiger partial charge in [0, 0.05) is 19.2 Å². The summed E-state index contributed by atoms with van der Waals surface area (Å²) in [5, 5.41) is 2.18. The molecule has 0 spiro atoms. The van der Waals surface area contributed by atoms with E-state index in [-0.39, 0.29) is 5.69 Å². The van der Waals surface area contributed by atoms with E-state index in [4.69, 9.17) is 0 Å². The Morgan fingerprint density at radius 2 is 2.10 bits per heavy atom. The molecular weight excluding hydrogens is 266 g/mol. The van der Waals surface area contributed by atoms with Crippen molar-refractivity contribution < 1.29 is 18.4 Å². The number of piperidine rings is 1. The molecule has 20 heavy (non-hydrogen) atoms. The fraction of sp³-hybridized carbons (Fsp3) is 0.429. The molecule has 1 unspecified atom stereocenters. The van der Waals surface area contributed by atoms with Crippen molar-refractivity contribution in [1.82, 2.24) is 4.90 Å². The lowest BCUT2D eigenvalue weighted by atomic mass is 10.0. The number of carbonyl (C=O) groups is 2. The lowest BCUT2D eigenvalue weighted by molar-refractivity contribution is -0.144. The van der Waals surface area contributed by atoms with Crippen LogP contribution in [-0.4, -0.2) is 29.8 Å². The van der Waals surface area contributed by atoms with Crippen LogP contribution in [0.5, 0.6) is 0 Å². The maximum atomic E-state index is 13.4. The van der Waals surface area contributed by atoms with Crippen LogP contribution in [-0.2, 0) is 9.59 Å². The monoisotopic (exact) mass is 282 g/mol. The van der Waals surface area contributed by atoms with Crippen LogP contribution >= 0.6 is 0 Å². The summed E-state index contributed by atoms with van der Waals surface area (Å²) < 4.78 is 26.1. The number of hydrogen-bond acceptors (Lipinski definition) is 2. The van der Waals surface area contributed by atoms with Gasteiger partial charge in [0.1, 0.15) is 11.6 Å². The third-order valence-corrected chi connectivity index (χ3v) is 3.32. The van der Waals surface area contributed by atoms with Gasteiger partial charge in [-0.1, -0.05) is 6.92 Å². The highest BCUT2D eigenvalue weighted by atomic mass is 19.1. The summed E-state index contributed by atoms with van der Waals surface area (Å²) in [6.07, 6.45) is 1.88. The lowest BCUT2D eigenvalue weighted by Crippen LogP contribution is -2.44. The fourth-order valence-corrected chi connectivity index (χ4v) is 2.28. The molecule has 1 heterocycles. The minimum Gasteiger partial charge on any atom is -0.334 e. The van der Waals surface area contributed by atoms with Crippen LogP contribution in [0.3, 0.4) is 0 Å². The van der Waals surface area contributed by atoms with Crippen LogP contribution in [0.25, 0.3) is 0 Å². The molecule has 4 nitrogen and oxygen atoms in total. The smallest absolute Gasteiger partial charge is 0.313 e. The first-order chi connectivity index (χ1) is 9.47. The van der Waals surface area contributed by atoms with Gasteiger partial charge >= 0.3 is 11.8 Å². The van der Waals surface area contributed by atoms with Gasteiger partial charge in [0.15, 0.2) is 0 Å². The van der Waals surface area contributed by atoms with Crippen molar-refractivity contribution in [3.8, 4) is 0 Å². The molecule has 1 saturated heterocycles. The molecule has 0 radical (unpaired) electrons. The quantitative estimate of drug-likeness (QED) is 0.802. The van der Waals surface area contributed by atoms with E-state index in [9.17, 15) is 18.4 Å². The Morgan fingerprint density at radius 1 is 1.35 bits per heavy atom. The predicted molar refractivity (Wildman–Crippen MR) is 70.0 cm³/mol. The number of hydrogen-bond donors (Lipinski definition) is 1. The highest BCUT2D eigenvalue weighted by molar-refractivity contribution is 6.39. The molecule has 1 N–H and O–H groups in total. The first-order valence-electron chi connectivity index (χ1n) is 6.52. The Hall–Kier alpha value is -1.98. The molecule has 1 fully saturated rings. The zero-order chi connectivity index (χ0) is 14.7. The van der Waals surface area contributed by atoms with Crippen LogP contribution in [0.15, 0.2) is 18.2 Å². The van der Waals surface area contributed by atoms with Gasteiger partial charge in [-0.25, -0.2) is 8.78 Å². The summed E-state index contributed by atoms with van der Waals surface area (Å²) in [6.45, 7) is 3.07. The lowest BCUT2D eigenvalue weighted by Gasteiger charge is -2.30. The number of rotatable bonds is 1. The fourth-order valence-electron chi connectivity index (χ4n) is 2.28. The van der Waals surface area contributed by atoms with Gasteiger partial charge < -0.3 is 10.2 Å². The topological polar surface area (TPSA) is 49.4 Å². The van der Waals surface area contributed by atoms with Crippen LogP contribution in [0.4, 0.5) is 14.5 Å². The number of likely N-dealkylation sites (tertiary alicyclic amines) is 1. The van der Waals surface area contributed by atoms with E-state index in [1.54, 1.807) is 0 Å². The second kappa shape index (κ2) is 5.98. The van der Waals surface area contributed by atoms with Gasteiger partial charge in [-0.05, 0) is 30.9 Å². The average molecular weight is 282 g/mol. The summed E-state index contributed by atoms with van der Waals surface area (Å²) in [5.74, 6) is -2.87. The molecule has 2 amide bonds. The van der Waals surface area contributed by atoms with E-state index < -0.39 is 23.4 Å². The Labute approximate surface area is 115 Å². The molecule has 0 aliphatic carbocycles. The number of carbonyl (C=O) groups excluding carboxylic acids is 2. The third-order valence-electron chi connectivity index (χ3n) is 3.32. The standard InChI is InChI=1S/C14H16F2N2O2/c1-9-3-2-6-18(8-9)14(20)13(19)17-12-5-4-10(15)7-11(12)16/h4-5,7,9H,2-3,6,8H2,1H3,(H,17,19). The van der Waals surface area contributed by atoms with E-state index in [2.05, 4.69) is 5.32 Å². The molecule has 108 valence electrons. The highest BCUT2D eigenvalue weighted by Crippen LogP contribution is 2.17. The van der Waals surface area contributed by atoms with Gasteiger partial charge in [-0.2, -0.15) is 0 Å². The molecule has 0 aromatic heterocycles. The molecule has 1 aliphatic heterocycles. The summed E-state index contributed by atoms with van der Waals surface area (Å²) in [5.41, 5.74) is -0.199. The molecule has 0 bridgehead atoms. The van der Waals surface area contributed by atoms with Crippen LogP contribution < -0.4 is 5.32 Å². The number of amides is 2. The minimum atomic E-state index is -0.904. The molecular formula is C14H16F2N2O2. The first-order valence-corrected chi connectivity index (χ1v) is 6.52. The van der Waals surface area contributed by atoms with E-state index in [1.165, 1.54) is 4.90 Å². The van der Waals surface area contributed by atoms with Crippen LogP contribution in [0.1, 0.15) is 19.8 Å². The number of nitrogens with one attached hydrogen (secondary N) is 1. The van der Waals surface area contributed by atoms with Crippen molar-refractivity contribution in [3.05, 3.63) is 29.8 Å². The molecule has 2 rings (SSSR count). The average Bonchev–Trinajstić information content (AvgIpc) is 2.41. The number of benzene rings is 1. The first kappa shape index (κ1) is 14.4. The van der Waals surface area contributed by atoms with Gasteiger partial charge in [0.05, 0.1) is 5.69 Å². The second-order valence-electron chi connectivity index (χ2n) is 5.08. The van der Waals surface area contributed by atoms with Crippen molar-refractivity contribution >= 4 is 17.5 Å². The number of nitrogens with zero attached hydrogens (tertiary/aromatic N) is 1. The van der Waals surface area contributed by atoms with E-state index in [0.29, 0.717) is 25.1 Å². The Balaban J connectivity index is 2.02. The molecule has 6 heteroatoms. The van der Waals surface area contributed by atoms with E-state index in [0.717, 1.165) is 25.0 Å². The van der Waals surface area contributed by atoms with Crippen molar-refractivity contribution in [2.45, 2.75) is 19.8 Å². The van der Waals surface area contributed by atoms with Crippen molar-refractivity contribution in [1.29, 1.82) is 0 Å². The third kappa shape index (κ3) is 3.31. The normalized spacial score (nSPS) is 18.8. The SMILES string of the molecule is CC1CCCN(C(=O)C(=O)Nc2ccc(F)cc2F)C1. The van der Waals surface area contributed by atoms with Gasteiger partial charge in [-0.3, -0.25) is 9.59 Å². The van der Waals surface area contributed by atoms with Crippen LogP contribution in [0.2, 0.25) is 0 Å². The second-order valence-corrected chi connectivity index (χ2v) is 5.08. The number of halogens is 2. The Bertz CT molecular complexity index is 534. The molecule has 1 aliphatic rings. The summed E-state index contributed by atoms with van der Waals surface area (Å²) >= 11 is 0. The maximum Gasteiger partial charge on any atom is 0.313 e. The van der Waals surface area contributed by atoms with Crippen molar-refractivity contribution in [2.24, 2.45) is 5.92 Å². The maximum absolute atomic E-state index is 13.4. The predicted octanol–water partition coefficient (Wildman–Crippen LogP) is 2.16.